The highest BCUT2D eigenvalue weighted by Crippen LogP contribution is 2.23. The maximum absolute atomic E-state index is 12.9. The average Bonchev–Trinajstić information content (AvgIpc) is 2.85. The van der Waals surface area contributed by atoms with Gasteiger partial charge < -0.3 is 15.4 Å². The highest BCUT2D eigenvalue weighted by molar-refractivity contribution is 7.90. The fourth-order valence-electron chi connectivity index (χ4n) is 4.23. The van der Waals surface area contributed by atoms with Crippen LogP contribution in [-0.2, 0) is 16.8 Å². The molecule has 4 rings (SSSR count). The molecular formula is C26H32N6O3S. The molecule has 5 N–H and O–H groups in total. The van der Waals surface area contributed by atoms with Gasteiger partial charge in [-0.05, 0) is 59.7 Å². The molecule has 9 nitrogen and oxygen atoms in total. The molecule has 0 radical (unpaired) electrons. The molecule has 3 aromatic rings. The maximum Gasteiger partial charge on any atom is 0.301 e. The normalized spacial score (nSPS) is 14.7. The first-order valence-electron chi connectivity index (χ1n) is 11.8. The number of anilines is 1. The van der Waals surface area contributed by atoms with Crippen molar-refractivity contribution in [3.05, 3.63) is 71.8 Å². The molecule has 1 aliphatic heterocycles. The molecule has 0 saturated carbocycles. The van der Waals surface area contributed by atoms with E-state index in [0.717, 1.165) is 42.3 Å². The summed E-state index contributed by atoms with van der Waals surface area (Å²) < 4.78 is 35.8. The first-order chi connectivity index (χ1) is 17.1. The van der Waals surface area contributed by atoms with E-state index >= 15 is 0 Å². The summed E-state index contributed by atoms with van der Waals surface area (Å²) in [6.07, 6.45) is 1.78. The molecular weight excluding hydrogens is 476 g/mol. The molecule has 10 heteroatoms. The predicted octanol–water partition coefficient (Wildman–Crippen LogP) is 3.75. The lowest BCUT2D eigenvalue weighted by molar-refractivity contribution is 0.130. The van der Waals surface area contributed by atoms with Crippen LogP contribution in [-0.4, -0.2) is 55.5 Å². The molecule has 36 heavy (non-hydrogen) atoms. The number of nitrogens with two attached hydrogens (primary N) is 1. The number of ether oxygens (including phenoxy) is 1. The number of hydrogen-bond donors (Lipinski definition) is 4. The summed E-state index contributed by atoms with van der Waals surface area (Å²) in [4.78, 5) is 2.04. The van der Waals surface area contributed by atoms with Crippen molar-refractivity contribution in [1.82, 2.24) is 9.21 Å². The van der Waals surface area contributed by atoms with Gasteiger partial charge in [0.05, 0.1) is 11.5 Å². The molecule has 190 valence electrons. The number of benzene rings is 3. The molecule has 0 aromatic heterocycles. The second kappa shape index (κ2) is 10.5. The van der Waals surface area contributed by atoms with Crippen molar-refractivity contribution in [1.29, 1.82) is 10.8 Å². The smallest absolute Gasteiger partial charge is 0.301 e. The maximum atomic E-state index is 12.9. The summed E-state index contributed by atoms with van der Waals surface area (Å²) in [5.74, 6) is 1.26. The summed E-state index contributed by atoms with van der Waals surface area (Å²) in [5.41, 5.74) is 7.50. The van der Waals surface area contributed by atoms with Crippen LogP contribution in [0.4, 0.5) is 5.69 Å². The summed E-state index contributed by atoms with van der Waals surface area (Å²) >= 11 is 0. The number of nitrogens with zero attached hydrogens (tertiary/aromatic N) is 2. The molecule has 1 aliphatic rings. The van der Waals surface area contributed by atoms with E-state index < -0.39 is 10.2 Å². The number of rotatable bonds is 8. The third kappa shape index (κ3) is 6.13. The Balaban J connectivity index is 1.36. The zero-order valence-corrected chi connectivity index (χ0v) is 21.3. The van der Waals surface area contributed by atoms with Crippen LogP contribution in [0.3, 0.4) is 0 Å². The van der Waals surface area contributed by atoms with E-state index in [1.165, 1.54) is 11.4 Å². The molecule has 0 aliphatic carbocycles. The molecule has 1 saturated heterocycles. The van der Waals surface area contributed by atoms with Crippen molar-refractivity contribution in [3.8, 4) is 5.75 Å². The quantitative estimate of drug-likeness (QED) is 0.271. The Labute approximate surface area is 212 Å². The van der Waals surface area contributed by atoms with Gasteiger partial charge in [0, 0.05) is 45.1 Å². The van der Waals surface area contributed by atoms with Crippen LogP contribution >= 0.6 is 0 Å². The van der Waals surface area contributed by atoms with E-state index in [1.54, 1.807) is 37.3 Å². The Morgan fingerprint density at radius 3 is 2.36 bits per heavy atom. The van der Waals surface area contributed by atoms with Gasteiger partial charge in [-0.25, -0.2) is 0 Å². The van der Waals surface area contributed by atoms with Crippen LogP contribution < -0.4 is 15.2 Å². The second-order valence-electron chi connectivity index (χ2n) is 9.09. The van der Waals surface area contributed by atoms with Gasteiger partial charge in [0.15, 0.2) is 0 Å². The SMILES string of the molecule is CC(=N)N1CCC(Oc2ccc(NS(=O)(=O)N(C)Cc3ccc4ccc(C(=N)N)cc4c3)cc2)CC1. The van der Waals surface area contributed by atoms with Crippen LogP contribution in [0, 0.1) is 10.8 Å². The van der Waals surface area contributed by atoms with E-state index in [1.807, 2.05) is 35.2 Å². The largest absolute Gasteiger partial charge is 0.490 e. The molecule has 0 amide bonds. The number of likely N-dealkylation sites (tertiary alicyclic amines) is 1. The van der Waals surface area contributed by atoms with Crippen molar-refractivity contribution in [2.45, 2.75) is 32.4 Å². The first-order valence-corrected chi connectivity index (χ1v) is 13.2. The molecule has 1 heterocycles. The number of hydrogen-bond acceptors (Lipinski definition) is 5. The Hall–Kier alpha value is -3.63. The fourth-order valence-corrected chi connectivity index (χ4v) is 5.14. The van der Waals surface area contributed by atoms with Crippen LogP contribution in [0.1, 0.15) is 30.9 Å². The lowest BCUT2D eigenvalue weighted by atomic mass is 10.0. The van der Waals surface area contributed by atoms with Crippen molar-refractivity contribution < 1.29 is 13.2 Å². The Morgan fingerprint density at radius 1 is 1.06 bits per heavy atom. The summed E-state index contributed by atoms with van der Waals surface area (Å²) in [7, 11) is -2.25. The zero-order chi connectivity index (χ0) is 25.9. The third-order valence-corrected chi connectivity index (χ3v) is 7.79. The van der Waals surface area contributed by atoms with Crippen LogP contribution in [0.5, 0.6) is 5.75 Å². The molecule has 1 fully saturated rings. The van der Waals surface area contributed by atoms with Gasteiger partial charge in [0.1, 0.15) is 17.7 Å². The van der Waals surface area contributed by atoms with Gasteiger partial charge in [-0.1, -0.05) is 24.3 Å². The first kappa shape index (κ1) is 25.5. The molecule has 0 spiro atoms. The second-order valence-corrected chi connectivity index (χ2v) is 10.9. The lowest BCUT2D eigenvalue weighted by Crippen LogP contribution is -2.40. The Bertz CT molecular complexity index is 1370. The van der Waals surface area contributed by atoms with Gasteiger partial charge in [-0.2, -0.15) is 12.7 Å². The average molecular weight is 509 g/mol. The minimum atomic E-state index is -3.78. The number of amidine groups is 2. The topological polar surface area (TPSA) is 136 Å². The third-order valence-electron chi connectivity index (χ3n) is 6.35. The minimum absolute atomic E-state index is 0.00844. The summed E-state index contributed by atoms with van der Waals surface area (Å²) in [5, 5.41) is 17.2. The van der Waals surface area contributed by atoms with Crippen LogP contribution in [0.25, 0.3) is 10.8 Å². The summed E-state index contributed by atoms with van der Waals surface area (Å²) in [6.45, 7) is 3.59. The number of piperidine rings is 1. The highest BCUT2D eigenvalue weighted by Gasteiger charge is 2.21. The standard InChI is InChI=1S/C26H32N6O3S/c1-18(27)32-13-11-25(12-14-32)35-24-9-7-23(8-10-24)30-36(33,34)31(2)17-19-3-4-20-5-6-21(26(28)29)16-22(20)15-19/h3-10,15-16,25,27,30H,11-14,17H2,1-2H3,(H3,28,29). The minimum Gasteiger partial charge on any atom is -0.490 e. The van der Waals surface area contributed by atoms with Crippen molar-refractivity contribution in [2.24, 2.45) is 5.73 Å². The fraction of sp³-hybridized carbons (Fsp3) is 0.308. The molecule has 0 atom stereocenters. The number of nitrogens with one attached hydrogen (secondary N) is 3. The predicted molar refractivity (Wildman–Crippen MR) is 144 cm³/mol. The van der Waals surface area contributed by atoms with E-state index in [2.05, 4.69) is 4.72 Å². The highest BCUT2D eigenvalue weighted by atomic mass is 32.2. The molecule has 0 unspecified atom stereocenters. The van der Waals surface area contributed by atoms with Crippen molar-refractivity contribution >= 4 is 38.3 Å². The van der Waals surface area contributed by atoms with Gasteiger partial charge in [-0.3, -0.25) is 15.5 Å². The van der Waals surface area contributed by atoms with Crippen molar-refractivity contribution in [3.63, 3.8) is 0 Å². The van der Waals surface area contributed by atoms with Crippen LogP contribution in [0.2, 0.25) is 0 Å². The van der Waals surface area contributed by atoms with Gasteiger partial charge in [0.2, 0.25) is 0 Å². The monoisotopic (exact) mass is 508 g/mol. The van der Waals surface area contributed by atoms with Gasteiger partial charge in [-0.15, -0.1) is 0 Å². The van der Waals surface area contributed by atoms with E-state index in [9.17, 15) is 8.42 Å². The van der Waals surface area contributed by atoms with E-state index in [4.69, 9.17) is 21.3 Å². The lowest BCUT2D eigenvalue weighted by Gasteiger charge is -2.32. The van der Waals surface area contributed by atoms with Crippen LogP contribution in [0.15, 0.2) is 60.7 Å². The molecule has 0 bridgehead atoms. The van der Waals surface area contributed by atoms with E-state index in [-0.39, 0.29) is 18.5 Å². The molecule has 3 aromatic carbocycles. The van der Waals surface area contributed by atoms with Crippen molar-refractivity contribution in [2.75, 3.05) is 24.9 Å². The Morgan fingerprint density at radius 2 is 1.72 bits per heavy atom. The summed E-state index contributed by atoms with van der Waals surface area (Å²) in [6, 6.07) is 18.2. The Kier molecular flexibility index (Phi) is 7.46. The van der Waals surface area contributed by atoms with Gasteiger partial charge >= 0.3 is 10.2 Å². The number of nitrogen functional groups attached to an aromatic ring is 1. The number of fused-ring (bicyclic) bond motifs is 1. The van der Waals surface area contributed by atoms with Gasteiger partial charge in [0.25, 0.3) is 0 Å². The zero-order valence-electron chi connectivity index (χ0n) is 20.5. The van der Waals surface area contributed by atoms with E-state index in [0.29, 0.717) is 22.8 Å².